The van der Waals surface area contributed by atoms with Gasteiger partial charge in [-0.3, -0.25) is 9.78 Å². The highest BCUT2D eigenvalue weighted by atomic mass is 16.2. The number of aryl methyl sites for hydroxylation is 1. The second kappa shape index (κ2) is 6.59. The van der Waals surface area contributed by atoms with Crippen LogP contribution in [0.4, 0.5) is 0 Å². The number of hydrogen-bond acceptors (Lipinski definition) is 3. The van der Waals surface area contributed by atoms with Gasteiger partial charge in [0.2, 0.25) is 0 Å². The predicted octanol–water partition coefficient (Wildman–Crippen LogP) is 4.23. The van der Waals surface area contributed by atoms with E-state index in [1.165, 1.54) is 5.56 Å². The fourth-order valence-electron chi connectivity index (χ4n) is 4.75. The van der Waals surface area contributed by atoms with Crippen molar-refractivity contribution >= 4 is 11.6 Å². The molecule has 4 nitrogen and oxygen atoms in total. The molecular formula is C25H23N3O. The molecule has 144 valence electrons. The number of rotatable bonds is 3. The summed E-state index contributed by atoms with van der Waals surface area (Å²) in [5.41, 5.74) is 5.51. The van der Waals surface area contributed by atoms with Crippen LogP contribution in [0.15, 0.2) is 79.6 Å². The van der Waals surface area contributed by atoms with Crippen LogP contribution in [0.2, 0.25) is 0 Å². The van der Waals surface area contributed by atoms with Crippen LogP contribution < -0.4 is 0 Å². The summed E-state index contributed by atoms with van der Waals surface area (Å²) in [6, 6.07) is 20.5. The summed E-state index contributed by atoms with van der Waals surface area (Å²) in [6.45, 7) is 7.90. The number of amides is 1. The number of nitrogens with zero attached hydrogens (tertiary/aromatic N) is 3. The maximum Gasteiger partial charge on any atom is 0.256 e. The number of hydrogen-bond donors (Lipinski definition) is 0. The molecule has 1 aromatic heterocycles. The smallest absolute Gasteiger partial charge is 0.256 e. The predicted molar refractivity (Wildman–Crippen MR) is 114 cm³/mol. The largest absolute Gasteiger partial charge is 0.343 e. The standard InChI is InChI=1S/C25H23N3O/c1-18-9-11-22(12-10-18)25-16-20-6-3-4-8-23(20)24(29)28(25)15-14-27(25)19(2)21-7-5-13-26-17-21/h3-13,17H,2,14-16H2,1H3. The Morgan fingerprint density at radius 3 is 2.59 bits per heavy atom. The normalized spacial score (nSPS) is 20.4. The van der Waals surface area contributed by atoms with Crippen LogP contribution in [0.3, 0.4) is 0 Å². The molecule has 2 aliphatic heterocycles. The molecule has 0 spiro atoms. The average molecular weight is 381 g/mol. The van der Waals surface area contributed by atoms with Crippen LogP contribution >= 0.6 is 0 Å². The number of fused-ring (bicyclic) bond motifs is 2. The number of benzene rings is 2. The minimum absolute atomic E-state index is 0.0916. The van der Waals surface area contributed by atoms with Gasteiger partial charge in [0.1, 0.15) is 5.66 Å². The molecule has 3 heterocycles. The van der Waals surface area contributed by atoms with E-state index in [2.05, 4.69) is 53.7 Å². The van der Waals surface area contributed by atoms with Crippen molar-refractivity contribution in [3.05, 3.63) is 107 Å². The van der Waals surface area contributed by atoms with Gasteiger partial charge in [0, 0.05) is 48.7 Å². The molecule has 29 heavy (non-hydrogen) atoms. The molecule has 1 saturated heterocycles. The number of aromatic nitrogens is 1. The number of carbonyl (C=O) groups is 1. The third kappa shape index (κ3) is 2.59. The van der Waals surface area contributed by atoms with Gasteiger partial charge in [-0.2, -0.15) is 0 Å². The van der Waals surface area contributed by atoms with E-state index in [0.29, 0.717) is 6.54 Å². The zero-order chi connectivity index (χ0) is 20.0. The number of pyridine rings is 1. The maximum atomic E-state index is 13.5. The first kappa shape index (κ1) is 17.7. The monoisotopic (exact) mass is 381 g/mol. The van der Waals surface area contributed by atoms with Gasteiger partial charge in [-0.25, -0.2) is 0 Å². The molecule has 5 rings (SSSR count). The van der Waals surface area contributed by atoms with Crippen molar-refractivity contribution in [2.45, 2.75) is 19.0 Å². The Hall–Kier alpha value is -3.40. The van der Waals surface area contributed by atoms with Gasteiger partial charge in [-0.05, 0) is 36.2 Å². The Balaban J connectivity index is 1.70. The Kier molecular flexibility index (Phi) is 4.02. The lowest BCUT2D eigenvalue weighted by atomic mass is 9.83. The molecule has 0 saturated carbocycles. The number of carbonyl (C=O) groups excluding carboxylic acids is 1. The van der Waals surface area contributed by atoms with Crippen molar-refractivity contribution in [1.29, 1.82) is 0 Å². The first-order valence-electron chi connectivity index (χ1n) is 9.95. The molecule has 0 N–H and O–H groups in total. The van der Waals surface area contributed by atoms with Crippen LogP contribution in [0.1, 0.15) is 32.6 Å². The van der Waals surface area contributed by atoms with E-state index in [9.17, 15) is 4.79 Å². The third-order valence-corrected chi connectivity index (χ3v) is 6.20. The zero-order valence-electron chi connectivity index (χ0n) is 16.5. The summed E-state index contributed by atoms with van der Waals surface area (Å²) in [5.74, 6) is 0.0916. The van der Waals surface area contributed by atoms with Gasteiger partial charge in [-0.15, -0.1) is 0 Å². The fourth-order valence-corrected chi connectivity index (χ4v) is 4.75. The topological polar surface area (TPSA) is 36.4 Å². The quantitative estimate of drug-likeness (QED) is 0.681. The molecule has 1 atom stereocenters. The maximum absolute atomic E-state index is 13.5. The second-order valence-corrected chi connectivity index (χ2v) is 7.81. The average Bonchev–Trinajstić information content (AvgIpc) is 3.15. The lowest BCUT2D eigenvalue weighted by Gasteiger charge is -2.48. The Morgan fingerprint density at radius 2 is 1.83 bits per heavy atom. The molecule has 0 bridgehead atoms. The minimum Gasteiger partial charge on any atom is -0.343 e. The highest BCUT2D eigenvalue weighted by molar-refractivity contribution is 5.98. The van der Waals surface area contributed by atoms with Crippen molar-refractivity contribution in [3.63, 3.8) is 0 Å². The van der Waals surface area contributed by atoms with Gasteiger partial charge in [0.05, 0.1) is 0 Å². The Morgan fingerprint density at radius 1 is 1.03 bits per heavy atom. The molecule has 1 unspecified atom stereocenters. The van der Waals surface area contributed by atoms with Crippen LogP contribution in [-0.4, -0.2) is 33.8 Å². The van der Waals surface area contributed by atoms with E-state index in [4.69, 9.17) is 0 Å². The van der Waals surface area contributed by atoms with Gasteiger partial charge in [0.15, 0.2) is 0 Å². The molecule has 0 aliphatic carbocycles. The van der Waals surface area contributed by atoms with E-state index in [1.54, 1.807) is 6.20 Å². The summed E-state index contributed by atoms with van der Waals surface area (Å²) in [4.78, 5) is 22.1. The lowest BCUT2D eigenvalue weighted by molar-refractivity contribution is 0.0264. The first-order valence-corrected chi connectivity index (χ1v) is 9.95. The molecular weight excluding hydrogens is 358 g/mol. The summed E-state index contributed by atoms with van der Waals surface area (Å²) >= 11 is 0. The van der Waals surface area contributed by atoms with E-state index < -0.39 is 5.66 Å². The van der Waals surface area contributed by atoms with Crippen LogP contribution in [0.25, 0.3) is 5.70 Å². The molecule has 2 aromatic carbocycles. The van der Waals surface area contributed by atoms with E-state index in [-0.39, 0.29) is 5.91 Å². The summed E-state index contributed by atoms with van der Waals surface area (Å²) < 4.78 is 0. The molecule has 4 heteroatoms. The Labute approximate surface area is 171 Å². The zero-order valence-corrected chi connectivity index (χ0v) is 16.5. The summed E-state index contributed by atoms with van der Waals surface area (Å²) in [7, 11) is 0. The SMILES string of the molecule is C=C(c1cccnc1)N1CCN2C(=O)c3ccccc3CC12c1ccc(C)cc1. The summed E-state index contributed by atoms with van der Waals surface area (Å²) in [6.07, 6.45) is 4.34. The lowest BCUT2D eigenvalue weighted by Crippen LogP contribution is -2.56. The van der Waals surface area contributed by atoms with Crippen LogP contribution in [0.5, 0.6) is 0 Å². The highest BCUT2D eigenvalue weighted by Gasteiger charge is 2.54. The molecule has 0 radical (unpaired) electrons. The fraction of sp³-hybridized carbons (Fsp3) is 0.200. The van der Waals surface area contributed by atoms with Gasteiger partial charge in [-0.1, -0.05) is 54.6 Å². The van der Waals surface area contributed by atoms with Crippen LogP contribution in [0, 0.1) is 6.92 Å². The Bertz CT molecular complexity index is 1090. The van der Waals surface area contributed by atoms with E-state index >= 15 is 0 Å². The molecule has 3 aromatic rings. The van der Waals surface area contributed by atoms with E-state index in [0.717, 1.165) is 40.9 Å². The van der Waals surface area contributed by atoms with Crippen LogP contribution in [-0.2, 0) is 12.1 Å². The summed E-state index contributed by atoms with van der Waals surface area (Å²) in [5, 5.41) is 0. The molecule has 1 amide bonds. The third-order valence-electron chi connectivity index (χ3n) is 6.20. The molecule has 1 fully saturated rings. The van der Waals surface area contributed by atoms with Crippen molar-refractivity contribution in [3.8, 4) is 0 Å². The second-order valence-electron chi connectivity index (χ2n) is 7.81. The van der Waals surface area contributed by atoms with Gasteiger partial charge in [0.25, 0.3) is 5.91 Å². The van der Waals surface area contributed by atoms with E-state index in [1.807, 2.05) is 41.4 Å². The minimum atomic E-state index is -0.577. The first-order chi connectivity index (χ1) is 14.1. The van der Waals surface area contributed by atoms with Gasteiger partial charge < -0.3 is 9.80 Å². The van der Waals surface area contributed by atoms with Crippen molar-refractivity contribution < 1.29 is 4.79 Å². The molecule has 2 aliphatic rings. The highest BCUT2D eigenvalue weighted by Crippen LogP contribution is 2.47. The van der Waals surface area contributed by atoms with Crippen molar-refractivity contribution in [2.24, 2.45) is 0 Å². The van der Waals surface area contributed by atoms with Crippen molar-refractivity contribution in [2.75, 3.05) is 13.1 Å². The van der Waals surface area contributed by atoms with Gasteiger partial charge >= 0.3 is 0 Å². The van der Waals surface area contributed by atoms with Crippen molar-refractivity contribution in [1.82, 2.24) is 14.8 Å².